The molecule has 0 radical (unpaired) electrons. The first kappa shape index (κ1) is 17.5. The third-order valence-corrected chi connectivity index (χ3v) is 3.29. The van der Waals surface area contributed by atoms with Crippen LogP contribution in [0, 0.1) is 6.92 Å². The van der Waals surface area contributed by atoms with Crippen LogP contribution in [0.2, 0.25) is 0 Å². The Labute approximate surface area is 141 Å². The molecule has 24 heavy (non-hydrogen) atoms. The number of carbonyl (C=O) groups excluding carboxylic acids is 1. The number of nitrogens with zero attached hydrogens (tertiary/aromatic N) is 2. The molecular weight excluding hydrogens is 310 g/mol. The first-order valence-electron chi connectivity index (χ1n) is 7.52. The quantitative estimate of drug-likeness (QED) is 0.790. The van der Waals surface area contributed by atoms with Crippen LogP contribution in [0.5, 0.6) is 17.5 Å². The molecule has 1 N–H and O–H groups in total. The Morgan fingerprint density at radius 1 is 1.17 bits per heavy atom. The van der Waals surface area contributed by atoms with E-state index in [0.717, 1.165) is 11.3 Å². The van der Waals surface area contributed by atoms with Gasteiger partial charge in [0.15, 0.2) is 18.1 Å². The molecule has 0 unspecified atom stereocenters. The zero-order valence-electron chi connectivity index (χ0n) is 14.0. The minimum Gasteiger partial charge on any atom is -0.493 e. The van der Waals surface area contributed by atoms with E-state index in [-0.39, 0.29) is 18.5 Å². The summed E-state index contributed by atoms with van der Waals surface area (Å²) in [5, 5.41) is 2.79. The van der Waals surface area contributed by atoms with Crippen molar-refractivity contribution in [2.24, 2.45) is 0 Å². The van der Waals surface area contributed by atoms with Crippen molar-refractivity contribution >= 4 is 5.91 Å². The van der Waals surface area contributed by atoms with Crippen molar-refractivity contribution in [3.63, 3.8) is 0 Å². The minimum absolute atomic E-state index is 0.116. The lowest BCUT2D eigenvalue weighted by Gasteiger charge is -2.10. The number of amides is 1. The monoisotopic (exact) mass is 331 g/mol. The Morgan fingerprint density at radius 2 is 1.96 bits per heavy atom. The maximum Gasteiger partial charge on any atom is 0.317 e. The summed E-state index contributed by atoms with van der Waals surface area (Å²) in [4.78, 5) is 19.8. The van der Waals surface area contributed by atoms with Crippen LogP contribution in [0.25, 0.3) is 0 Å². The molecule has 0 spiro atoms. The van der Waals surface area contributed by atoms with Gasteiger partial charge in [0.05, 0.1) is 14.2 Å². The predicted octanol–water partition coefficient (Wildman–Crippen LogP) is 1.54. The van der Waals surface area contributed by atoms with Gasteiger partial charge in [-0.25, -0.2) is 9.97 Å². The summed E-state index contributed by atoms with van der Waals surface area (Å²) in [5.74, 6) is 1.12. The Bertz CT molecular complexity index is 691. The first-order valence-corrected chi connectivity index (χ1v) is 7.52. The van der Waals surface area contributed by atoms with Gasteiger partial charge in [0, 0.05) is 18.4 Å². The molecule has 1 heterocycles. The van der Waals surface area contributed by atoms with Crippen LogP contribution in [0.4, 0.5) is 0 Å². The Kier molecular flexibility index (Phi) is 6.36. The van der Waals surface area contributed by atoms with E-state index in [0.29, 0.717) is 24.5 Å². The van der Waals surface area contributed by atoms with Gasteiger partial charge in [0.2, 0.25) is 0 Å². The van der Waals surface area contributed by atoms with E-state index in [1.807, 2.05) is 25.1 Å². The number of carbonyl (C=O) groups is 1. The summed E-state index contributed by atoms with van der Waals surface area (Å²) in [5.41, 5.74) is 1.82. The molecule has 2 aromatic rings. The third kappa shape index (κ3) is 5.12. The highest BCUT2D eigenvalue weighted by Gasteiger charge is 2.07. The fourth-order valence-corrected chi connectivity index (χ4v) is 2.06. The van der Waals surface area contributed by atoms with Crippen molar-refractivity contribution in [2.75, 3.05) is 27.4 Å². The van der Waals surface area contributed by atoms with E-state index in [1.165, 1.54) is 0 Å². The largest absolute Gasteiger partial charge is 0.493 e. The summed E-state index contributed by atoms with van der Waals surface area (Å²) in [6.45, 7) is 2.21. The zero-order valence-corrected chi connectivity index (χ0v) is 14.0. The highest BCUT2D eigenvalue weighted by Crippen LogP contribution is 2.27. The number of aryl methyl sites for hydroxylation is 1. The molecule has 0 saturated carbocycles. The molecule has 0 fully saturated rings. The highest BCUT2D eigenvalue weighted by molar-refractivity contribution is 5.77. The molecule has 0 aliphatic carbocycles. The van der Waals surface area contributed by atoms with Gasteiger partial charge in [-0.15, -0.1) is 0 Å². The number of rotatable bonds is 8. The Hall–Kier alpha value is -2.83. The fraction of sp³-hybridized carbons (Fsp3) is 0.353. The summed E-state index contributed by atoms with van der Waals surface area (Å²) in [6.07, 6.45) is 2.26. The molecule has 128 valence electrons. The number of nitrogens with one attached hydrogen (secondary N) is 1. The second-order valence-corrected chi connectivity index (χ2v) is 5.06. The van der Waals surface area contributed by atoms with Gasteiger partial charge in [-0.1, -0.05) is 6.07 Å². The van der Waals surface area contributed by atoms with Crippen molar-refractivity contribution in [1.82, 2.24) is 15.3 Å². The number of methoxy groups -OCH3 is 2. The van der Waals surface area contributed by atoms with Gasteiger partial charge in [-0.05, 0) is 37.1 Å². The van der Waals surface area contributed by atoms with E-state index in [9.17, 15) is 4.79 Å². The predicted molar refractivity (Wildman–Crippen MR) is 88.5 cm³/mol. The second kappa shape index (κ2) is 8.71. The molecule has 0 bridgehead atoms. The summed E-state index contributed by atoms with van der Waals surface area (Å²) < 4.78 is 15.7. The van der Waals surface area contributed by atoms with Crippen molar-refractivity contribution in [3.8, 4) is 17.5 Å². The van der Waals surface area contributed by atoms with E-state index >= 15 is 0 Å². The number of benzene rings is 1. The average Bonchev–Trinajstić information content (AvgIpc) is 2.60. The summed E-state index contributed by atoms with van der Waals surface area (Å²) in [7, 11) is 3.18. The van der Waals surface area contributed by atoms with Crippen molar-refractivity contribution in [3.05, 3.63) is 41.7 Å². The van der Waals surface area contributed by atoms with Crippen molar-refractivity contribution in [1.29, 1.82) is 0 Å². The normalized spacial score (nSPS) is 10.1. The lowest BCUT2D eigenvalue weighted by molar-refractivity contribution is -0.123. The minimum atomic E-state index is -0.222. The van der Waals surface area contributed by atoms with E-state index in [1.54, 1.807) is 26.5 Å². The molecule has 0 atom stereocenters. The van der Waals surface area contributed by atoms with Gasteiger partial charge < -0.3 is 19.5 Å². The molecule has 7 nitrogen and oxygen atoms in total. The lowest BCUT2D eigenvalue weighted by atomic mass is 10.1. The molecule has 2 rings (SSSR count). The van der Waals surface area contributed by atoms with Crippen LogP contribution in [0.15, 0.2) is 30.5 Å². The molecule has 1 aromatic heterocycles. The molecule has 0 saturated heterocycles. The summed E-state index contributed by atoms with van der Waals surface area (Å²) in [6, 6.07) is 7.63. The maximum atomic E-state index is 11.8. The number of ether oxygens (including phenoxy) is 3. The van der Waals surface area contributed by atoms with Crippen LogP contribution >= 0.6 is 0 Å². The fourth-order valence-electron chi connectivity index (χ4n) is 2.06. The van der Waals surface area contributed by atoms with Crippen LogP contribution < -0.4 is 19.5 Å². The number of hydrogen-bond donors (Lipinski definition) is 1. The standard InChI is InChI=1S/C17H21N3O4/c1-12-6-8-19-17(20-12)24-11-16(21)18-9-7-13-4-5-14(22-2)15(10-13)23-3/h4-6,8,10H,7,9,11H2,1-3H3,(H,18,21). The molecule has 1 amide bonds. The molecule has 7 heteroatoms. The Morgan fingerprint density at radius 3 is 2.67 bits per heavy atom. The van der Waals surface area contributed by atoms with Crippen LogP contribution in [0.3, 0.4) is 0 Å². The van der Waals surface area contributed by atoms with Crippen LogP contribution in [-0.4, -0.2) is 43.2 Å². The zero-order chi connectivity index (χ0) is 17.4. The smallest absolute Gasteiger partial charge is 0.317 e. The van der Waals surface area contributed by atoms with E-state index in [2.05, 4.69) is 15.3 Å². The summed E-state index contributed by atoms with van der Waals surface area (Å²) >= 11 is 0. The number of hydrogen-bond acceptors (Lipinski definition) is 6. The second-order valence-electron chi connectivity index (χ2n) is 5.06. The van der Waals surface area contributed by atoms with Crippen molar-refractivity contribution < 1.29 is 19.0 Å². The molecular formula is C17H21N3O4. The first-order chi connectivity index (χ1) is 11.6. The van der Waals surface area contributed by atoms with E-state index in [4.69, 9.17) is 14.2 Å². The average molecular weight is 331 g/mol. The SMILES string of the molecule is COc1ccc(CCNC(=O)COc2nccc(C)n2)cc1OC. The number of aromatic nitrogens is 2. The maximum absolute atomic E-state index is 11.8. The Balaban J connectivity index is 1.76. The van der Waals surface area contributed by atoms with Gasteiger partial charge in [0.25, 0.3) is 5.91 Å². The van der Waals surface area contributed by atoms with E-state index < -0.39 is 0 Å². The van der Waals surface area contributed by atoms with Gasteiger partial charge in [-0.2, -0.15) is 0 Å². The molecule has 0 aliphatic heterocycles. The third-order valence-electron chi connectivity index (χ3n) is 3.29. The van der Waals surface area contributed by atoms with Crippen LogP contribution in [0.1, 0.15) is 11.3 Å². The topological polar surface area (TPSA) is 82.6 Å². The van der Waals surface area contributed by atoms with Crippen LogP contribution in [-0.2, 0) is 11.2 Å². The van der Waals surface area contributed by atoms with Gasteiger partial charge >= 0.3 is 6.01 Å². The molecule has 1 aromatic carbocycles. The lowest BCUT2D eigenvalue weighted by Crippen LogP contribution is -2.30. The molecule has 0 aliphatic rings. The van der Waals surface area contributed by atoms with Gasteiger partial charge in [-0.3, -0.25) is 4.79 Å². The van der Waals surface area contributed by atoms with Gasteiger partial charge in [0.1, 0.15) is 0 Å². The van der Waals surface area contributed by atoms with Crippen molar-refractivity contribution in [2.45, 2.75) is 13.3 Å². The highest BCUT2D eigenvalue weighted by atomic mass is 16.5.